The maximum absolute atomic E-state index is 12.1. The summed E-state index contributed by atoms with van der Waals surface area (Å²) in [4.78, 5) is 30.3. The van der Waals surface area contributed by atoms with Crippen molar-refractivity contribution >= 4 is 17.6 Å². The first-order valence-electron chi connectivity index (χ1n) is 7.59. The Bertz CT molecular complexity index is 711. The number of carbonyl (C=O) groups excluding carboxylic acids is 2. The van der Waals surface area contributed by atoms with E-state index in [0.717, 1.165) is 13.0 Å². The lowest BCUT2D eigenvalue weighted by Crippen LogP contribution is -2.27. The Morgan fingerprint density at radius 2 is 2.04 bits per heavy atom. The lowest BCUT2D eigenvalue weighted by molar-refractivity contribution is 0.0952. The molecule has 0 aromatic carbocycles. The van der Waals surface area contributed by atoms with Gasteiger partial charge < -0.3 is 20.1 Å². The van der Waals surface area contributed by atoms with E-state index >= 15 is 0 Å². The van der Waals surface area contributed by atoms with E-state index in [1.54, 1.807) is 19.1 Å². The molecule has 0 aliphatic carbocycles. The second-order valence-corrected chi connectivity index (χ2v) is 5.62. The van der Waals surface area contributed by atoms with E-state index in [4.69, 9.17) is 4.52 Å². The zero-order valence-electron chi connectivity index (χ0n) is 14.0. The monoisotopic (exact) mass is 331 g/mol. The maximum Gasteiger partial charge on any atom is 0.275 e. The maximum atomic E-state index is 12.1. The van der Waals surface area contributed by atoms with Gasteiger partial charge >= 0.3 is 0 Å². The molecule has 0 atom stereocenters. The predicted molar refractivity (Wildman–Crippen MR) is 88.9 cm³/mol. The fourth-order valence-corrected chi connectivity index (χ4v) is 2.00. The van der Waals surface area contributed by atoms with Crippen molar-refractivity contribution in [3.63, 3.8) is 0 Å². The molecule has 8 heteroatoms. The molecule has 0 saturated carbocycles. The average molecular weight is 331 g/mol. The molecule has 2 amide bonds. The second-order valence-electron chi connectivity index (χ2n) is 5.62. The van der Waals surface area contributed by atoms with Crippen LogP contribution in [0.2, 0.25) is 0 Å². The van der Waals surface area contributed by atoms with Crippen molar-refractivity contribution < 1.29 is 14.1 Å². The number of hydrogen-bond acceptors (Lipinski definition) is 6. The molecule has 24 heavy (non-hydrogen) atoms. The van der Waals surface area contributed by atoms with E-state index in [0.29, 0.717) is 23.7 Å². The number of carbonyl (C=O) groups is 2. The van der Waals surface area contributed by atoms with E-state index in [-0.39, 0.29) is 11.6 Å². The van der Waals surface area contributed by atoms with E-state index < -0.39 is 5.91 Å². The van der Waals surface area contributed by atoms with Gasteiger partial charge in [-0.25, -0.2) is 0 Å². The highest BCUT2D eigenvalue weighted by Crippen LogP contribution is 2.09. The highest BCUT2D eigenvalue weighted by molar-refractivity contribution is 6.04. The topological polar surface area (TPSA) is 100 Å². The van der Waals surface area contributed by atoms with E-state index in [1.807, 2.05) is 19.0 Å². The molecule has 128 valence electrons. The minimum Gasteiger partial charge on any atom is -0.360 e. The summed E-state index contributed by atoms with van der Waals surface area (Å²) in [5, 5.41) is 9.07. The van der Waals surface area contributed by atoms with Crippen LogP contribution in [-0.2, 0) is 0 Å². The molecule has 0 bridgehead atoms. The molecular formula is C16H21N5O3. The molecule has 2 aromatic rings. The minimum atomic E-state index is -0.453. The number of amides is 2. The van der Waals surface area contributed by atoms with Gasteiger partial charge in [-0.15, -0.1) is 0 Å². The van der Waals surface area contributed by atoms with Crippen molar-refractivity contribution in [2.45, 2.75) is 13.3 Å². The molecule has 0 radical (unpaired) electrons. The van der Waals surface area contributed by atoms with Crippen LogP contribution in [0.1, 0.15) is 33.0 Å². The average Bonchev–Trinajstić information content (AvgIpc) is 2.96. The van der Waals surface area contributed by atoms with Gasteiger partial charge in [-0.3, -0.25) is 14.6 Å². The number of aromatic nitrogens is 2. The van der Waals surface area contributed by atoms with Gasteiger partial charge in [0.1, 0.15) is 11.5 Å². The van der Waals surface area contributed by atoms with Crippen LogP contribution >= 0.6 is 0 Å². The van der Waals surface area contributed by atoms with Crippen molar-refractivity contribution in [3.8, 4) is 0 Å². The summed E-state index contributed by atoms with van der Waals surface area (Å²) in [5.41, 5.74) is 0.521. The van der Waals surface area contributed by atoms with Gasteiger partial charge in [0.2, 0.25) is 0 Å². The van der Waals surface area contributed by atoms with Crippen molar-refractivity contribution in [2.24, 2.45) is 0 Å². The van der Waals surface area contributed by atoms with Crippen molar-refractivity contribution in [1.82, 2.24) is 20.4 Å². The zero-order valence-corrected chi connectivity index (χ0v) is 14.0. The summed E-state index contributed by atoms with van der Waals surface area (Å²) in [7, 11) is 3.96. The van der Waals surface area contributed by atoms with Crippen LogP contribution in [0.3, 0.4) is 0 Å². The number of rotatable bonds is 7. The van der Waals surface area contributed by atoms with Crippen LogP contribution in [0.15, 0.2) is 28.9 Å². The van der Waals surface area contributed by atoms with E-state index in [9.17, 15) is 9.59 Å². The molecule has 2 heterocycles. The zero-order chi connectivity index (χ0) is 17.5. The van der Waals surface area contributed by atoms with Crippen LogP contribution in [0.5, 0.6) is 0 Å². The van der Waals surface area contributed by atoms with Gasteiger partial charge in [0.15, 0.2) is 5.82 Å². The van der Waals surface area contributed by atoms with Crippen LogP contribution in [0.25, 0.3) is 0 Å². The summed E-state index contributed by atoms with van der Waals surface area (Å²) < 4.78 is 4.88. The molecule has 0 aliphatic heterocycles. The molecule has 0 aliphatic rings. The SMILES string of the molecule is Cc1cc(NC(=O)c2cc(C(=O)NCCCN(C)C)ccn2)no1. The van der Waals surface area contributed by atoms with Crippen LogP contribution in [-0.4, -0.2) is 54.0 Å². The van der Waals surface area contributed by atoms with Gasteiger partial charge in [-0.1, -0.05) is 5.16 Å². The predicted octanol–water partition coefficient (Wildman–Crippen LogP) is 1.31. The third-order valence-electron chi connectivity index (χ3n) is 3.19. The van der Waals surface area contributed by atoms with Gasteiger partial charge in [0.25, 0.3) is 11.8 Å². The Balaban J connectivity index is 1.94. The van der Waals surface area contributed by atoms with Crippen LogP contribution < -0.4 is 10.6 Å². The summed E-state index contributed by atoms with van der Waals surface area (Å²) in [5.74, 6) is 0.204. The number of pyridine rings is 1. The molecule has 2 aromatic heterocycles. The van der Waals surface area contributed by atoms with E-state index in [1.165, 1.54) is 12.3 Å². The van der Waals surface area contributed by atoms with Crippen LogP contribution in [0, 0.1) is 6.92 Å². The summed E-state index contributed by atoms with van der Waals surface area (Å²) in [6.07, 6.45) is 2.28. The first-order chi connectivity index (χ1) is 11.5. The summed E-state index contributed by atoms with van der Waals surface area (Å²) >= 11 is 0. The Morgan fingerprint density at radius 3 is 2.71 bits per heavy atom. The molecule has 0 spiro atoms. The lowest BCUT2D eigenvalue weighted by atomic mass is 10.2. The third kappa shape index (κ3) is 5.17. The molecule has 2 rings (SSSR count). The largest absolute Gasteiger partial charge is 0.360 e. The highest BCUT2D eigenvalue weighted by Gasteiger charge is 2.13. The standard InChI is InChI=1S/C16H21N5O3/c1-11-9-14(20-24-11)19-16(23)13-10-12(5-7-17-13)15(22)18-6-4-8-21(2)3/h5,7,9-10H,4,6,8H2,1-3H3,(H,18,22)(H,19,20,23). The fraction of sp³-hybridized carbons (Fsp3) is 0.375. The van der Waals surface area contributed by atoms with Crippen molar-refractivity contribution in [2.75, 3.05) is 32.5 Å². The first kappa shape index (κ1) is 17.6. The van der Waals surface area contributed by atoms with Gasteiger partial charge in [0.05, 0.1) is 0 Å². The summed E-state index contributed by atoms with van der Waals surface area (Å²) in [6.45, 7) is 3.18. The molecule has 0 fully saturated rings. The third-order valence-corrected chi connectivity index (χ3v) is 3.19. The summed E-state index contributed by atoms with van der Waals surface area (Å²) in [6, 6.07) is 4.61. The molecule has 2 N–H and O–H groups in total. The van der Waals surface area contributed by atoms with Crippen molar-refractivity contribution in [1.29, 1.82) is 0 Å². The molecule has 0 unspecified atom stereocenters. The number of hydrogen-bond donors (Lipinski definition) is 2. The van der Waals surface area contributed by atoms with Crippen molar-refractivity contribution in [3.05, 3.63) is 41.4 Å². The quantitative estimate of drug-likeness (QED) is 0.742. The molecule has 0 saturated heterocycles. The smallest absolute Gasteiger partial charge is 0.275 e. The highest BCUT2D eigenvalue weighted by atomic mass is 16.5. The molecular weight excluding hydrogens is 310 g/mol. The number of nitrogens with one attached hydrogen (secondary N) is 2. The number of anilines is 1. The number of aryl methyl sites for hydroxylation is 1. The lowest BCUT2D eigenvalue weighted by Gasteiger charge is -2.10. The Hall–Kier alpha value is -2.74. The van der Waals surface area contributed by atoms with E-state index in [2.05, 4.69) is 20.8 Å². The Kier molecular flexibility index (Phi) is 6.02. The van der Waals surface area contributed by atoms with Crippen LogP contribution in [0.4, 0.5) is 5.82 Å². The number of nitrogens with zero attached hydrogens (tertiary/aromatic N) is 3. The first-order valence-corrected chi connectivity index (χ1v) is 7.59. The second kappa shape index (κ2) is 8.21. The minimum absolute atomic E-state index is 0.136. The van der Waals surface area contributed by atoms with Gasteiger partial charge in [-0.05, 0) is 46.1 Å². The molecule has 8 nitrogen and oxygen atoms in total. The Labute approximate surface area is 140 Å². The van der Waals surface area contributed by atoms with Gasteiger partial charge in [-0.2, -0.15) is 0 Å². The fourth-order valence-electron chi connectivity index (χ4n) is 2.00. The van der Waals surface area contributed by atoms with Gasteiger partial charge in [0, 0.05) is 24.4 Å². The normalized spacial score (nSPS) is 10.7. The Morgan fingerprint density at radius 1 is 1.25 bits per heavy atom.